The zero-order chi connectivity index (χ0) is 26.5. The molecule has 2 fully saturated rings. The van der Waals surface area contributed by atoms with Crippen LogP contribution in [-0.2, 0) is 31.1 Å². The lowest BCUT2D eigenvalue weighted by molar-refractivity contribution is -0.142. The van der Waals surface area contributed by atoms with Crippen LogP contribution in [0.25, 0.3) is 0 Å². The Hall–Kier alpha value is -3.63. The molecule has 194 valence electrons. The fraction of sp³-hybridized carbons (Fsp3) is 0.385. The summed E-state index contributed by atoms with van der Waals surface area (Å²) in [4.78, 5) is 53.7. The second kappa shape index (κ2) is 9.35. The number of carbonyl (C=O) groups excluding carboxylic acids is 4. The van der Waals surface area contributed by atoms with Crippen LogP contribution in [0.3, 0.4) is 0 Å². The molecule has 3 aliphatic heterocycles. The molecule has 37 heavy (non-hydrogen) atoms. The number of fused-ring (bicyclic) bond motifs is 4. The standard InChI is InChI=1S/C26H27ClN4O6/c1-36-18-7-3-13(11-19(18)37-2)9-10-31-23(33)21-17(6-8-20(28)32)30-26(22(21)24(31)34)15-12-14(27)4-5-16(15)29-25(26)35/h3-5,7,11-12,17,21-22,30H,6,8-10H2,1-2H3,(H2,28,32)(H,29,35)/t17-,21-,22+,26+/m1/s1. The highest BCUT2D eigenvalue weighted by atomic mass is 35.5. The molecule has 3 heterocycles. The number of rotatable bonds is 8. The molecule has 2 aromatic carbocycles. The zero-order valence-corrected chi connectivity index (χ0v) is 21.1. The van der Waals surface area contributed by atoms with E-state index in [9.17, 15) is 19.2 Å². The third-order valence-electron chi connectivity index (χ3n) is 7.54. The number of nitrogens with two attached hydrogens (primary N) is 1. The summed E-state index contributed by atoms with van der Waals surface area (Å²) in [6, 6.07) is 9.76. The van der Waals surface area contributed by atoms with Gasteiger partial charge in [0.05, 0.1) is 26.1 Å². The quantitative estimate of drug-likeness (QED) is 0.444. The Bertz CT molecular complexity index is 1320. The Labute approximate surface area is 218 Å². The monoisotopic (exact) mass is 526 g/mol. The van der Waals surface area contributed by atoms with E-state index in [1.807, 2.05) is 6.07 Å². The Kier molecular flexibility index (Phi) is 6.33. The molecule has 3 aliphatic rings. The molecule has 4 amide bonds. The number of anilines is 1. The predicted octanol–water partition coefficient (Wildman–Crippen LogP) is 1.59. The molecule has 5 rings (SSSR count). The molecule has 0 aromatic heterocycles. The van der Waals surface area contributed by atoms with E-state index in [0.29, 0.717) is 34.2 Å². The first kappa shape index (κ1) is 25.0. The Morgan fingerprint density at radius 3 is 2.54 bits per heavy atom. The fourth-order valence-electron chi connectivity index (χ4n) is 5.88. The summed E-state index contributed by atoms with van der Waals surface area (Å²) in [6.45, 7) is 0.128. The van der Waals surface area contributed by atoms with Crippen LogP contribution < -0.4 is 25.8 Å². The van der Waals surface area contributed by atoms with Gasteiger partial charge >= 0.3 is 0 Å². The number of carbonyl (C=O) groups is 4. The minimum atomic E-state index is -1.47. The van der Waals surface area contributed by atoms with E-state index in [2.05, 4.69) is 10.6 Å². The molecule has 1 spiro atoms. The minimum Gasteiger partial charge on any atom is -0.493 e. The summed E-state index contributed by atoms with van der Waals surface area (Å²) < 4.78 is 10.6. The predicted molar refractivity (Wildman–Crippen MR) is 134 cm³/mol. The van der Waals surface area contributed by atoms with Gasteiger partial charge in [-0.05, 0) is 48.7 Å². The third-order valence-corrected chi connectivity index (χ3v) is 7.78. The smallest absolute Gasteiger partial charge is 0.250 e. The average Bonchev–Trinajstić information content (AvgIpc) is 3.45. The molecule has 11 heteroatoms. The number of methoxy groups -OCH3 is 2. The first-order valence-corrected chi connectivity index (χ1v) is 12.3. The van der Waals surface area contributed by atoms with Gasteiger partial charge in [0, 0.05) is 35.3 Å². The van der Waals surface area contributed by atoms with Crippen LogP contribution >= 0.6 is 11.6 Å². The highest BCUT2D eigenvalue weighted by Crippen LogP contribution is 2.53. The van der Waals surface area contributed by atoms with Crippen LogP contribution in [0.15, 0.2) is 36.4 Å². The van der Waals surface area contributed by atoms with Crippen molar-refractivity contribution in [2.24, 2.45) is 17.6 Å². The maximum atomic E-state index is 13.8. The summed E-state index contributed by atoms with van der Waals surface area (Å²) in [6.07, 6.45) is 0.607. The Balaban J connectivity index is 1.48. The number of nitrogens with one attached hydrogen (secondary N) is 2. The zero-order valence-electron chi connectivity index (χ0n) is 20.4. The number of hydrogen-bond donors (Lipinski definition) is 3. The number of hydrogen-bond acceptors (Lipinski definition) is 7. The van der Waals surface area contributed by atoms with Gasteiger partial charge in [-0.2, -0.15) is 0 Å². The molecule has 10 nitrogen and oxygen atoms in total. The van der Waals surface area contributed by atoms with Crippen LogP contribution in [0, 0.1) is 11.8 Å². The van der Waals surface area contributed by atoms with Gasteiger partial charge < -0.3 is 20.5 Å². The number of benzene rings is 2. The number of amides is 4. The van der Waals surface area contributed by atoms with Crippen molar-refractivity contribution in [1.82, 2.24) is 10.2 Å². The second-order valence-corrected chi connectivity index (χ2v) is 9.92. The summed E-state index contributed by atoms with van der Waals surface area (Å²) in [5, 5.41) is 6.49. The largest absolute Gasteiger partial charge is 0.493 e. The molecule has 0 bridgehead atoms. The van der Waals surface area contributed by atoms with E-state index in [0.717, 1.165) is 5.56 Å². The highest BCUT2D eigenvalue weighted by Gasteiger charge is 2.70. The van der Waals surface area contributed by atoms with E-state index >= 15 is 0 Å². The van der Waals surface area contributed by atoms with Gasteiger partial charge in [0.15, 0.2) is 11.5 Å². The normalized spacial score (nSPS) is 25.9. The molecule has 2 saturated heterocycles. The van der Waals surface area contributed by atoms with E-state index in [1.54, 1.807) is 37.4 Å². The Morgan fingerprint density at radius 1 is 1.08 bits per heavy atom. The van der Waals surface area contributed by atoms with E-state index in [-0.39, 0.29) is 25.3 Å². The maximum absolute atomic E-state index is 13.8. The number of nitrogens with zero attached hydrogens (tertiary/aromatic N) is 1. The van der Waals surface area contributed by atoms with Crippen molar-refractivity contribution in [1.29, 1.82) is 0 Å². The third kappa shape index (κ3) is 3.91. The molecule has 0 aliphatic carbocycles. The lowest BCUT2D eigenvalue weighted by atomic mass is 9.76. The highest BCUT2D eigenvalue weighted by molar-refractivity contribution is 6.31. The molecular weight excluding hydrogens is 500 g/mol. The first-order valence-electron chi connectivity index (χ1n) is 11.9. The summed E-state index contributed by atoms with van der Waals surface area (Å²) >= 11 is 6.26. The molecule has 4 N–H and O–H groups in total. The lowest BCUT2D eigenvalue weighted by Crippen LogP contribution is -2.53. The van der Waals surface area contributed by atoms with Gasteiger partial charge in [0.1, 0.15) is 5.54 Å². The molecule has 0 unspecified atom stereocenters. The van der Waals surface area contributed by atoms with Crippen LogP contribution in [0.2, 0.25) is 5.02 Å². The van der Waals surface area contributed by atoms with Crippen molar-refractivity contribution in [3.8, 4) is 11.5 Å². The van der Waals surface area contributed by atoms with Gasteiger partial charge in [0.2, 0.25) is 23.6 Å². The van der Waals surface area contributed by atoms with E-state index in [1.165, 1.54) is 12.0 Å². The first-order chi connectivity index (χ1) is 17.7. The van der Waals surface area contributed by atoms with Crippen molar-refractivity contribution in [2.45, 2.75) is 30.8 Å². The molecule has 4 atom stereocenters. The van der Waals surface area contributed by atoms with Gasteiger partial charge in [-0.1, -0.05) is 17.7 Å². The van der Waals surface area contributed by atoms with E-state index < -0.39 is 41.1 Å². The fourth-order valence-corrected chi connectivity index (χ4v) is 6.05. The van der Waals surface area contributed by atoms with Crippen LogP contribution in [0.5, 0.6) is 11.5 Å². The van der Waals surface area contributed by atoms with Crippen LogP contribution in [-0.4, -0.2) is 55.3 Å². The number of likely N-dealkylation sites (tertiary alicyclic amines) is 1. The molecular formula is C26H27ClN4O6. The second-order valence-electron chi connectivity index (χ2n) is 9.48. The summed E-state index contributed by atoms with van der Waals surface area (Å²) in [5.74, 6) is -2.46. The van der Waals surface area contributed by atoms with Crippen molar-refractivity contribution < 1.29 is 28.7 Å². The van der Waals surface area contributed by atoms with Gasteiger partial charge in [-0.3, -0.25) is 29.4 Å². The Morgan fingerprint density at radius 2 is 1.84 bits per heavy atom. The topological polar surface area (TPSA) is 140 Å². The minimum absolute atomic E-state index is 0.00804. The molecule has 0 saturated carbocycles. The summed E-state index contributed by atoms with van der Waals surface area (Å²) in [5.41, 5.74) is 5.80. The van der Waals surface area contributed by atoms with Crippen LogP contribution in [0.4, 0.5) is 5.69 Å². The van der Waals surface area contributed by atoms with Crippen LogP contribution in [0.1, 0.15) is 24.0 Å². The maximum Gasteiger partial charge on any atom is 0.250 e. The van der Waals surface area contributed by atoms with Gasteiger partial charge in [0.25, 0.3) is 0 Å². The van der Waals surface area contributed by atoms with Crippen molar-refractivity contribution in [2.75, 3.05) is 26.1 Å². The number of ether oxygens (including phenoxy) is 2. The van der Waals surface area contributed by atoms with Crippen molar-refractivity contribution in [3.05, 3.63) is 52.5 Å². The van der Waals surface area contributed by atoms with Crippen molar-refractivity contribution in [3.63, 3.8) is 0 Å². The number of imide groups is 1. The lowest BCUT2D eigenvalue weighted by Gasteiger charge is -2.29. The van der Waals surface area contributed by atoms with Gasteiger partial charge in [-0.15, -0.1) is 0 Å². The van der Waals surface area contributed by atoms with E-state index in [4.69, 9.17) is 26.8 Å². The molecule has 0 radical (unpaired) electrons. The summed E-state index contributed by atoms with van der Waals surface area (Å²) in [7, 11) is 3.08. The number of primary amides is 1. The molecule has 2 aromatic rings. The average molecular weight is 527 g/mol. The van der Waals surface area contributed by atoms with Crippen molar-refractivity contribution >= 4 is 40.9 Å². The number of halogens is 1. The SMILES string of the molecule is COc1ccc(CCN2C(=O)[C@H]3[C@@H](C2=O)[C@]2(N[C@@H]3CCC(N)=O)C(=O)Nc3ccc(Cl)cc32)cc1OC. The van der Waals surface area contributed by atoms with Gasteiger partial charge in [-0.25, -0.2) is 0 Å².